The van der Waals surface area contributed by atoms with Crippen molar-refractivity contribution < 1.29 is 27.5 Å². The number of sulfonamides is 1. The molecule has 0 spiro atoms. The van der Waals surface area contributed by atoms with Crippen molar-refractivity contribution in [3.8, 4) is 0 Å². The normalized spacial score (nSPS) is 15.4. The van der Waals surface area contributed by atoms with Crippen LogP contribution < -0.4 is 5.32 Å². The molecule has 0 bridgehead atoms. The molecule has 2 aromatic rings. The van der Waals surface area contributed by atoms with E-state index in [1.54, 1.807) is 24.3 Å². The van der Waals surface area contributed by atoms with Gasteiger partial charge in [-0.1, -0.05) is 19.4 Å². The van der Waals surface area contributed by atoms with Gasteiger partial charge < -0.3 is 10.1 Å². The molecule has 1 amide bonds. The van der Waals surface area contributed by atoms with Crippen molar-refractivity contribution in [3.05, 3.63) is 59.7 Å². The zero-order valence-electron chi connectivity index (χ0n) is 19.5. The number of Topliss-reactive ketones (excluding diaryl/α,β-unsaturated/α-hetero) is 1. The summed E-state index contributed by atoms with van der Waals surface area (Å²) in [5.41, 5.74) is 0.966. The number of rotatable bonds is 9. The second-order valence-electron chi connectivity index (χ2n) is 8.28. The molecule has 1 aliphatic rings. The highest BCUT2D eigenvalue weighted by Crippen LogP contribution is 2.22. The summed E-state index contributed by atoms with van der Waals surface area (Å²) < 4.78 is 32.6. The number of carbonyl (C=O) groups excluding carboxylic acids is 3. The fraction of sp³-hybridized carbons (Fsp3) is 0.400. The van der Waals surface area contributed by atoms with Crippen LogP contribution in [0.4, 0.5) is 5.69 Å². The first kappa shape index (κ1) is 25.6. The summed E-state index contributed by atoms with van der Waals surface area (Å²) in [6.07, 6.45) is 2.70. The first-order valence-corrected chi connectivity index (χ1v) is 12.9. The Balaban J connectivity index is 1.65. The third-order valence-corrected chi connectivity index (χ3v) is 7.50. The van der Waals surface area contributed by atoms with Crippen LogP contribution in [-0.4, -0.2) is 49.6 Å². The summed E-state index contributed by atoms with van der Waals surface area (Å²) in [7, 11) is -3.69. The van der Waals surface area contributed by atoms with Gasteiger partial charge in [0.15, 0.2) is 6.10 Å². The maximum absolute atomic E-state index is 12.9. The van der Waals surface area contributed by atoms with Crippen LogP contribution in [0.25, 0.3) is 0 Å². The summed E-state index contributed by atoms with van der Waals surface area (Å²) in [5, 5.41) is 2.74. The van der Waals surface area contributed by atoms with E-state index < -0.39 is 27.9 Å². The van der Waals surface area contributed by atoms with E-state index in [9.17, 15) is 22.8 Å². The van der Waals surface area contributed by atoms with Gasteiger partial charge in [-0.05, 0) is 68.7 Å². The molecule has 9 heteroatoms. The predicted octanol–water partition coefficient (Wildman–Crippen LogP) is 4.03. The Kier molecular flexibility index (Phi) is 8.57. The number of nitrogens with zero attached hydrogens (tertiary/aromatic N) is 1. The average Bonchev–Trinajstić information content (AvgIpc) is 2.84. The van der Waals surface area contributed by atoms with Crippen LogP contribution in [0.3, 0.4) is 0 Å². The fourth-order valence-electron chi connectivity index (χ4n) is 3.72. The highest BCUT2D eigenvalue weighted by atomic mass is 32.2. The van der Waals surface area contributed by atoms with Gasteiger partial charge in [-0.25, -0.2) is 13.2 Å². The summed E-state index contributed by atoms with van der Waals surface area (Å²) >= 11 is 0. The molecule has 0 radical (unpaired) electrons. The van der Waals surface area contributed by atoms with Gasteiger partial charge in [0.2, 0.25) is 21.7 Å². The van der Waals surface area contributed by atoms with Crippen molar-refractivity contribution in [3.63, 3.8) is 0 Å². The van der Waals surface area contributed by atoms with E-state index in [0.29, 0.717) is 30.8 Å². The van der Waals surface area contributed by atoms with Crippen molar-refractivity contribution in [2.24, 2.45) is 0 Å². The summed E-state index contributed by atoms with van der Waals surface area (Å²) in [5.74, 6) is -1.29. The Morgan fingerprint density at radius 2 is 1.68 bits per heavy atom. The Bertz CT molecular complexity index is 1140. The van der Waals surface area contributed by atoms with Gasteiger partial charge in [0.25, 0.3) is 0 Å². The molecule has 1 aliphatic heterocycles. The maximum Gasteiger partial charge on any atom is 0.338 e. The van der Waals surface area contributed by atoms with Crippen molar-refractivity contribution in [1.82, 2.24) is 4.31 Å². The summed E-state index contributed by atoms with van der Waals surface area (Å²) in [6, 6.07) is 12.0. The molecule has 1 N–H and O–H groups in total. The zero-order chi connectivity index (χ0) is 24.7. The molecule has 0 aliphatic carbocycles. The topological polar surface area (TPSA) is 110 Å². The average molecular weight is 487 g/mol. The molecule has 1 heterocycles. The third-order valence-electron chi connectivity index (χ3n) is 5.61. The number of esters is 1. The molecule has 1 saturated heterocycles. The standard InChI is InChI=1S/C25H30N2O6S/c1-3-8-23(28)26-21-13-11-19(12-14-21)24(29)18(2)33-25(30)20-9-7-10-22(17-20)34(31,32)27-15-5-4-6-16-27/h7,9-14,17-18H,3-6,8,15-16H2,1-2H3,(H,26,28). The number of ketones is 1. The lowest BCUT2D eigenvalue weighted by molar-refractivity contribution is -0.116. The molecule has 2 aromatic carbocycles. The van der Waals surface area contributed by atoms with Gasteiger partial charge in [-0.3, -0.25) is 9.59 Å². The molecule has 182 valence electrons. The smallest absolute Gasteiger partial charge is 0.338 e. The Hall–Kier alpha value is -3.04. The maximum atomic E-state index is 12.9. The molecule has 0 aromatic heterocycles. The minimum absolute atomic E-state index is 0.0311. The number of anilines is 1. The minimum Gasteiger partial charge on any atom is -0.451 e. The first-order chi connectivity index (χ1) is 16.2. The number of hydrogen-bond acceptors (Lipinski definition) is 6. The largest absolute Gasteiger partial charge is 0.451 e. The third kappa shape index (κ3) is 6.30. The molecular formula is C25H30N2O6S. The van der Waals surface area contributed by atoms with E-state index in [1.165, 1.54) is 35.5 Å². The molecule has 1 fully saturated rings. The number of hydrogen-bond donors (Lipinski definition) is 1. The van der Waals surface area contributed by atoms with Crippen LogP contribution in [0.1, 0.15) is 66.7 Å². The van der Waals surface area contributed by atoms with Crippen LogP contribution in [0, 0.1) is 0 Å². The van der Waals surface area contributed by atoms with E-state index >= 15 is 0 Å². The lowest BCUT2D eigenvalue weighted by Gasteiger charge is -2.26. The number of benzene rings is 2. The molecule has 34 heavy (non-hydrogen) atoms. The second-order valence-corrected chi connectivity index (χ2v) is 10.2. The van der Waals surface area contributed by atoms with Gasteiger partial charge in [0.1, 0.15) is 0 Å². The molecule has 1 unspecified atom stereocenters. The number of nitrogens with one attached hydrogen (secondary N) is 1. The quantitative estimate of drug-likeness (QED) is 0.423. The second kappa shape index (κ2) is 11.4. The van der Waals surface area contributed by atoms with E-state index in [0.717, 1.165) is 25.7 Å². The van der Waals surface area contributed by atoms with Crippen molar-refractivity contribution in [2.75, 3.05) is 18.4 Å². The van der Waals surface area contributed by atoms with Gasteiger partial charge >= 0.3 is 5.97 Å². The Morgan fingerprint density at radius 3 is 2.32 bits per heavy atom. The lowest BCUT2D eigenvalue weighted by Crippen LogP contribution is -2.35. The van der Waals surface area contributed by atoms with Gasteiger partial charge in [-0.15, -0.1) is 0 Å². The SMILES string of the molecule is CCCC(=O)Nc1ccc(C(=O)C(C)OC(=O)c2cccc(S(=O)(=O)N3CCCCC3)c2)cc1. The van der Waals surface area contributed by atoms with E-state index in [-0.39, 0.29) is 16.4 Å². The van der Waals surface area contributed by atoms with Crippen LogP contribution >= 0.6 is 0 Å². The van der Waals surface area contributed by atoms with Crippen molar-refractivity contribution in [1.29, 1.82) is 0 Å². The number of carbonyl (C=O) groups is 3. The van der Waals surface area contributed by atoms with E-state index in [2.05, 4.69) is 5.32 Å². The highest BCUT2D eigenvalue weighted by molar-refractivity contribution is 7.89. The van der Waals surface area contributed by atoms with Crippen LogP contribution in [0.5, 0.6) is 0 Å². The minimum atomic E-state index is -3.69. The van der Waals surface area contributed by atoms with E-state index in [4.69, 9.17) is 4.74 Å². The van der Waals surface area contributed by atoms with E-state index in [1.807, 2.05) is 6.92 Å². The van der Waals surface area contributed by atoms with Crippen LogP contribution in [0.15, 0.2) is 53.4 Å². The molecule has 0 saturated carbocycles. The molecule has 3 rings (SSSR count). The summed E-state index contributed by atoms with van der Waals surface area (Å²) in [4.78, 5) is 37.1. The summed E-state index contributed by atoms with van der Waals surface area (Å²) in [6.45, 7) is 4.30. The fourth-order valence-corrected chi connectivity index (χ4v) is 5.29. The van der Waals surface area contributed by atoms with Crippen molar-refractivity contribution in [2.45, 2.75) is 57.0 Å². The monoisotopic (exact) mass is 486 g/mol. The van der Waals surface area contributed by atoms with Gasteiger partial charge in [-0.2, -0.15) is 4.31 Å². The van der Waals surface area contributed by atoms with Crippen LogP contribution in [-0.2, 0) is 19.6 Å². The number of amides is 1. The van der Waals surface area contributed by atoms with Gasteiger partial charge in [0, 0.05) is 30.8 Å². The Morgan fingerprint density at radius 1 is 1.00 bits per heavy atom. The lowest BCUT2D eigenvalue weighted by atomic mass is 10.1. The number of piperidine rings is 1. The number of ether oxygens (including phenoxy) is 1. The molecular weight excluding hydrogens is 456 g/mol. The highest BCUT2D eigenvalue weighted by Gasteiger charge is 2.27. The predicted molar refractivity (Wildman–Crippen MR) is 128 cm³/mol. The van der Waals surface area contributed by atoms with Crippen molar-refractivity contribution >= 4 is 33.4 Å². The van der Waals surface area contributed by atoms with Crippen LogP contribution in [0.2, 0.25) is 0 Å². The molecule has 1 atom stereocenters. The van der Waals surface area contributed by atoms with Gasteiger partial charge in [0.05, 0.1) is 10.5 Å². The molecule has 8 nitrogen and oxygen atoms in total. The Labute approximate surface area is 200 Å². The first-order valence-electron chi connectivity index (χ1n) is 11.5. The zero-order valence-corrected chi connectivity index (χ0v) is 20.3.